The predicted molar refractivity (Wildman–Crippen MR) is 74.6 cm³/mol. The Morgan fingerprint density at radius 1 is 1.35 bits per heavy atom. The Morgan fingerprint density at radius 3 is 2.80 bits per heavy atom. The molecule has 3 rings (SSSR count). The molecule has 1 fully saturated rings. The first-order valence-corrected chi connectivity index (χ1v) is 7.05. The van der Waals surface area contributed by atoms with Crippen molar-refractivity contribution >= 4 is 11.4 Å². The highest BCUT2D eigenvalue weighted by molar-refractivity contribution is 5.76. The van der Waals surface area contributed by atoms with Crippen LogP contribution in [0.1, 0.15) is 25.6 Å². The Labute approximate surface area is 116 Å². The van der Waals surface area contributed by atoms with Crippen LogP contribution >= 0.6 is 0 Å². The van der Waals surface area contributed by atoms with Gasteiger partial charge in [0, 0.05) is 25.7 Å². The molecular weight excluding hydrogens is 256 g/mol. The number of carbonyl (C=O) groups excluding carboxylic acids is 1. The first-order chi connectivity index (χ1) is 9.70. The molecule has 1 aliphatic rings. The summed E-state index contributed by atoms with van der Waals surface area (Å²) in [5.41, 5.74) is 0.366. The molecule has 0 spiro atoms. The van der Waals surface area contributed by atoms with E-state index in [0.717, 1.165) is 31.8 Å². The zero-order valence-corrected chi connectivity index (χ0v) is 11.6. The van der Waals surface area contributed by atoms with Crippen LogP contribution in [0.15, 0.2) is 23.1 Å². The van der Waals surface area contributed by atoms with Gasteiger partial charge in [0.25, 0.3) is 5.56 Å². The SMILES string of the molecule is CCc1nn(CC(=O)N2CCCC2)c(=O)c2cccn12. The molecule has 6 nitrogen and oxygen atoms in total. The van der Waals surface area contributed by atoms with Gasteiger partial charge in [-0.1, -0.05) is 6.92 Å². The first-order valence-electron chi connectivity index (χ1n) is 7.05. The van der Waals surface area contributed by atoms with Crippen molar-refractivity contribution in [3.63, 3.8) is 0 Å². The van der Waals surface area contributed by atoms with E-state index in [1.165, 1.54) is 4.68 Å². The van der Waals surface area contributed by atoms with Gasteiger partial charge in [0.2, 0.25) is 5.91 Å². The highest BCUT2D eigenvalue weighted by Gasteiger charge is 2.19. The molecule has 106 valence electrons. The number of aromatic nitrogens is 3. The maximum absolute atomic E-state index is 12.3. The predicted octanol–water partition coefficient (Wildman–Crippen LogP) is 0.681. The van der Waals surface area contributed by atoms with E-state index < -0.39 is 0 Å². The minimum Gasteiger partial charge on any atom is -0.341 e. The van der Waals surface area contributed by atoms with Crippen molar-refractivity contribution in [3.05, 3.63) is 34.5 Å². The molecule has 0 aromatic carbocycles. The van der Waals surface area contributed by atoms with Gasteiger partial charge in [0.15, 0.2) is 0 Å². The van der Waals surface area contributed by atoms with Crippen LogP contribution in [0, 0.1) is 0 Å². The molecular formula is C14H18N4O2. The molecule has 3 heterocycles. The number of fused-ring (bicyclic) bond motifs is 1. The standard InChI is InChI=1S/C14H18N4O2/c1-2-12-15-18(10-13(19)16-7-3-4-8-16)14(20)11-6-5-9-17(11)12/h5-6,9H,2-4,7-8,10H2,1H3. The van der Waals surface area contributed by atoms with Gasteiger partial charge in [-0.25, -0.2) is 4.68 Å². The lowest BCUT2D eigenvalue weighted by molar-refractivity contribution is -0.131. The van der Waals surface area contributed by atoms with Gasteiger partial charge in [-0.15, -0.1) is 0 Å². The number of amides is 1. The van der Waals surface area contributed by atoms with Crippen molar-refractivity contribution in [3.8, 4) is 0 Å². The van der Waals surface area contributed by atoms with E-state index in [2.05, 4.69) is 5.10 Å². The fourth-order valence-corrected chi connectivity index (χ4v) is 2.69. The second-order valence-corrected chi connectivity index (χ2v) is 5.08. The smallest absolute Gasteiger partial charge is 0.291 e. The van der Waals surface area contributed by atoms with E-state index in [1.807, 2.05) is 24.1 Å². The topological polar surface area (TPSA) is 59.6 Å². The molecule has 0 radical (unpaired) electrons. The van der Waals surface area contributed by atoms with Crippen molar-refractivity contribution in [1.82, 2.24) is 19.1 Å². The van der Waals surface area contributed by atoms with Crippen LogP contribution < -0.4 is 5.56 Å². The molecule has 0 saturated carbocycles. The van der Waals surface area contributed by atoms with E-state index >= 15 is 0 Å². The molecule has 1 amide bonds. The molecule has 20 heavy (non-hydrogen) atoms. The molecule has 2 aromatic heterocycles. The quantitative estimate of drug-likeness (QED) is 0.827. The van der Waals surface area contributed by atoms with E-state index in [9.17, 15) is 9.59 Å². The summed E-state index contributed by atoms with van der Waals surface area (Å²) in [4.78, 5) is 26.3. The molecule has 0 atom stereocenters. The molecule has 0 unspecified atom stereocenters. The van der Waals surface area contributed by atoms with Crippen LogP contribution in [0.4, 0.5) is 0 Å². The summed E-state index contributed by atoms with van der Waals surface area (Å²) >= 11 is 0. The summed E-state index contributed by atoms with van der Waals surface area (Å²) in [7, 11) is 0. The van der Waals surface area contributed by atoms with Gasteiger partial charge >= 0.3 is 0 Å². The summed E-state index contributed by atoms with van der Waals surface area (Å²) in [5.74, 6) is 0.772. The summed E-state index contributed by atoms with van der Waals surface area (Å²) < 4.78 is 3.09. The van der Waals surface area contributed by atoms with Crippen LogP contribution in [0.25, 0.3) is 5.52 Å². The maximum Gasteiger partial charge on any atom is 0.291 e. The van der Waals surface area contributed by atoms with Gasteiger partial charge in [0.1, 0.15) is 17.9 Å². The summed E-state index contributed by atoms with van der Waals surface area (Å²) in [6.07, 6.45) is 4.64. The molecule has 6 heteroatoms. The normalized spacial score (nSPS) is 15.2. The van der Waals surface area contributed by atoms with E-state index in [1.54, 1.807) is 10.5 Å². The van der Waals surface area contributed by atoms with E-state index in [0.29, 0.717) is 11.9 Å². The average molecular weight is 274 g/mol. The Morgan fingerprint density at radius 2 is 2.10 bits per heavy atom. The van der Waals surface area contributed by atoms with Crippen molar-refractivity contribution < 1.29 is 4.79 Å². The third-order valence-electron chi connectivity index (χ3n) is 3.78. The molecule has 1 saturated heterocycles. The Bertz CT molecular complexity index is 695. The Hall–Kier alpha value is -2.11. The fourth-order valence-electron chi connectivity index (χ4n) is 2.69. The van der Waals surface area contributed by atoms with Gasteiger partial charge in [-0.2, -0.15) is 5.10 Å². The van der Waals surface area contributed by atoms with Crippen LogP contribution in [0.2, 0.25) is 0 Å². The number of nitrogens with zero attached hydrogens (tertiary/aromatic N) is 4. The molecule has 2 aromatic rings. The minimum atomic E-state index is -0.209. The number of rotatable bonds is 3. The molecule has 0 aliphatic carbocycles. The number of carbonyl (C=O) groups is 1. The summed E-state index contributed by atoms with van der Waals surface area (Å²) in [5, 5.41) is 4.32. The molecule has 0 N–H and O–H groups in total. The van der Waals surface area contributed by atoms with E-state index in [4.69, 9.17) is 0 Å². The minimum absolute atomic E-state index is 0.0185. The second kappa shape index (κ2) is 5.11. The summed E-state index contributed by atoms with van der Waals surface area (Å²) in [6.45, 7) is 3.61. The van der Waals surface area contributed by atoms with Crippen LogP contribution in [-0.4, -0.2) is 38.1 Å². The second-order valence-electron chi connectivity index (χ2n) is 5.08. The summed E-state index contributed by atoms with van der Waals surface area (Å²) in [6, 6.07) is 3.59. The lowest BCUT2D eigenvalue weighted by Gasteiger charge is -2.16. The zero-order chi connectivity index (χ0) is 14.1. The highest BCUT2D eigenvalue weighted by atomic mass is 16.2. The van der Waals surface area contributed by atoms with Gasteiger partial charge < -0.3 is 4.90 Å². The van der Waals surface area contributed by atoms with Crippen molar-refractivity contribution in [2.24, 2.45) is 0 Å². The Balaban J connectivity index is 1.96. The third kappa shape index (κ3) is 2.11. The van der Waals surface area contributed by atoms with Gasteiger partial charge in [-0.05, 0) is 25.0 Å². The van der Waals surface area contributed by atoms with Gasteiger partial charge in [-0.3, -0.25) is 14.0 Å². The van der Waals surface area contributed by atoms with Crippen molar-refractivity contribution in [1.29, 1.82) is 0 Å². The number of hydrogen-bond donors (Lipinski definition) is 0. The third-order valence-corrected chi connectivity index (χ3v) is 3.78. The zero-order valence-electron chi connectivity index (χ0n) is 11.6. The van der Waals surface area contributed by atoms with Crippen molar-refractivity contribution in [2.75, 3.05) is 13.1 Å². The van der Waals surface area contributed by atoms with Crippen LogP contribution in [-0.2, 0) is 17.8 Å². The highest BCUT2D eigenvalue weighted by Crippen LogP contribution is 2.08. The number of hydrogen-bond acceptors (Lipinski definition) is 3. The number of likely N-dealkylation sites (tertiary alicyclic amines) is 1. The monoisotopic (exact) mass is 274 g/mol. The maximum atomic E-state index is 12.3. The van der Waals surface area contributed by atoms with Crippen molar-refractivity contribution in [2.45, 2.75) is 32.7 Å². The molecule has 1 aliphatic heterocycles. The van der Waals surface area contributed by atoms with Gasteiger partial charge in [0.05, 0.1) is 0 Å². The van der Waals surface area contributed by atoms with Crippen LogP contribution in [0.3, 0.4) is 0 Å². The molecule has 0 bridgehead atoms. The van der Waals surface area contributed by atoms with E-state index in [-0.39, 0.29) is 18.0 Å². The number of aryl methyl sites for hydroxylation is 1. The van der Waals surface area contributed by atoms with Crippen LogP contribution in [0.5, 0.6) is 0 Å². The lowest BCUT2D eigenvalue weighted by atomic mass is 10.4. The average Bonchev–Trinajstić information content (AvgIpc) is 3.12. The fraction of sp³-hybridized carbons (Fsp3) is 0.500. The Kier molecular flexibility index (Phi) is 3.30. The first kappa shape index (κ1) is 12.9. The lowest BCUT2D eigenvalue weighted by Crippen LogP contribution is -2.36. The largest absolute Gasteiger partial charge is 0.341 e.